The molecule has 3 rings (SSSR count). The number of hydrogen-bond acceptors (Lipinski definition) is 5. The van der Waals surface area contributed by atoms with Gasteiger partial charge in [0.2, 0.25) is 0 Å². The molecule has 1 N–H and O–H groups in total. The number of hydrogen-bond donors (Lipinski definition) is 1. The van der Waals surface area contributed by atoms with Gasteiger partial charge >= 0.3 is 0 Å². The largest absolute Gasteiger partial charge is 0.431 e. The van der Waals surface area contributed by atoms with E-state index >= 15 is 0 Å². The summed E-state index contributed by atoms with van der Waals surface area (Å²) in [5.74, 6) is 0.708. The van der Waals surface area contributed by atoms with Crippen molar-refractivity contribution in [1.29, 1.82) is 0 Å². The Morgan fingerprint density at radius 2 is 2.33 bits per heavy atom. The maximum atomic E-state index is 12.8. The molecule has 1 atom stereocenters. The second kappa shape index (κ2) is 7.77. The first-order valence-corrected chi connectivity index (χ1v) is 9.22. The number of amides is 1. The average molecular weight is 345 g/mol. The highest BCUT2D eigenvalue weighted by molar-refractivity contribution is 7.11. The molecule has 2 heterocycles. The summed E-state index contributed by atoms with van der Waals surface area (Å²) in [5.41, 5.74) is 0.661. The molecule has 0 radical (unpaired) electrons. The molecule has 1 unspecified atom stereocenters. The Morgan fingerprint density at radius 1 is 1.46 bits per heavy atom. The maximum absolute atomic E-state index is 12.8. The Balaban J connectivity index is 1.68. The van der Waals surface area contributed by atoms with Crippen LogP contribution in [-0.4, -0.2) is 41.0 Å². The SMILES string of the molecule is CC(C)NC1CCCN(C(=O)c2cccc(Oc3nccs3)c2)C1. The molecule has 1 fully saturated rings. The molecule has 2 aromatic rings. The molecule has 1 amide bonds. The Morgan fingerprint density at radius 3 is 3.08 bits per heavy atom. The van der Waals surface area contributed by atoms with Crippen LogP contribution in [-0.2, 0) is 0 Å². The molecule has 0 bridgehead atoms. The van der Waals surface area contributed by atoms with Crippen molar-refractivity contribution in [2.75, 3.05) is 13.1 Å². The van der Waals surface area contributed by atoms with Crippen molar-refractivity contribution in [3.8, 4) is 10.9 Å². The third-order valence-electron chi connectivity index (χ3n) is 3.97. The van der Waals surface area contributed by atoms with Crippen molar-refractivity contribution in [2.24, 2.45) is 0 Å². The summed E-state index contributed by atoms with van der Waals surface area (Å²) >= 11 is 1.43. The number of nitrogens with one attached hydrogen (secondary N) is 1. The molecule has 1 aliphatic rings. The molecule has 6 heteroatoms. The monoisotopic (exact) mass is 345 g/mol. The van der Waals surface area contributed by atoms with Crippen molar-refractivity contribution in [1.82, 2.24) is 15.2 Å². The Kier molecular flexibility index (Phi) is 5.48. The van der Waals surface area contributed by atoms with E-state index in [-0.39, 0.29) is 5.91 Å². The minimum absolute atomic E-state index is 0.0647. The minimum atomic E-state index is 0.0647. The predicted octanol–water partition coefficient (Wildman–Crippen LogP) is 3.54. The Bertz CT molecular complexity index is 673. The van der Waals surface area contributed by atoms with E-state index in [0.717, 1.165) is 25.9 Å². The van der Waals surface area contributed by atoms with Crippen molar-refractivity contribution in [3.05, 3.63) is 41.4 Å². The predicted molar refractivity (Wildman–Crippen MR) is 95.8 cm³/mol. The molecule has 1 aromatic heterocycles. The molecule has 24 heavy (non-hydrogen) atoms. The normalized spacial score (nSPS) is 18.0. The van der Waals surface area contributed by atoms with E-state index in [4.69, 9.17) is 4.74 Å². The van der Waals surface area contributed by atoms with Crippen molar-refractivity contribution >= 4 is 17.2 Å². The Hall–Kier alpha value is -1.92. The van der Waals surface area contributed by atoms with Crippen LogP contribution in [0.5, 0.6) is 10.9 Å². The number of carbonyl (C=O) groups excluding carboxylic acids is 1. The van der Waals surface area contributed by atoms with Gasteiger partial charge in [0, 0.05) is 42.3 Å². The molecule has 0 spiro atoms. The van der Waals surface area contributed by atoms with Gasteiger partial charge in [-0.1, -0.05) is 31.3 Å². The molecule has 1 aromatic carbocycles. The van der Waals surface area contributed by atoms with Crippen LogP contribution >= 0.6 is 11.3 Å². The first-order chi connectivity index (χ1) is 11.6. The van der Waals surface area contributed by atoms with E-state index in [1.54, 1.807) is 12.3 Å². The number of piperidine rings is 1. The molecule has 128 valence electrons. The molecule has 1 aliphatic heterocycles. The highest BCUT2D eigenvalue weighted by Gasteiger charge is 2.24. The number of carbonyl (C=O) groups is 1. The van der Waals surface area contributed by atoms with Crippen molar-refractivity contribution < 1.29 is 9.53 Å². The van der Waals surface area contributed by atoms with E-state index in [2.05, 4.69) is 24.1 Å². The second-order valence-corrected chi connectivity index (χ2v) is 7.20. The van der Waals surface area contributed by atoms with Crippen LogP contribution in [0.3, 0.4) is 0 Å². The van der Waals surface area contributed by atoms with Gasteiger partial charge in [0.15, 0.2) is 0 Å². The highest BCUT2D eigenvalue weighted by atomic mass is 32.1. The number of aromatic nitrogens is 1. The maximum Gasteiger partial charge on any atom is 0.278 e. The first-order valence-electron chi connectivity index (χ1n) is 8.34. The molecule has 1 saturated heterocycles. The van der Waals surface area contributed by atoms with Crippen LogP contribution in [0.4, 0.5) is 0 Å². The number of ether oxygens (including phenoxy) is 1. The van der Waals surface area contributed by atoms with Gasteiger partial charge in [0.05, 0.1) is 0 Å². The summed E-state index contributed by atoms with van der Waals surface area (Å²) in [4.78, 5) is 18.9. The van der Waals surface area contributed by atoms with E-state index in [9.17, 15) is 4.79 Å². The van der Waals surface area contributed by atoms with E-state index < -0.39 is 0 Å². The van der Waals surface area contributed by atoms with Gasteiger partial charge in [-0.25, -0.2) is 4.98 Å². The fraction of sp³-hybridized carbons (Fsp3) is 0.444. The van der Waals surface area contributed by atoms with Gasteiger partial charge in [-0.15, -0.1) is 0 Å². The lowest BCUT2D eigenvalue weighted by molar-refractivity contribution is 0.0691. The first kappa shape index (κ1) is 16.9. The van der Waals surface area contributed by atoms with Crippen LogP contribution in [0, 0.1) is 0 Å². The third kappa shape index (κ3) is 4.33. The fourth-order valence-electron chi connectivity index (χ4n) is 3.01. The molecule has 5 nitrogen and oxygen atoms in total. The average Bonchev–Trinajstić information content (AvgIpc) is 3.07. The van der Waals surface area contributed by atoms with Gasteiger partial charge in [-0.2, -0.15) is 0 Å². The molecular weight excluding hydrogens is 322 g/mol. The third-order valence-corrected chi connectivity index (χ3v) is 4.62. The molecule has 0 aliphatic carbocycles. The van der Waals surface area contributed by atoms with E-state index in [1.165, 1.54) is 11.3 Å². The van der Waals surface area contributed by atoms with Gasteiger partial charge in [0.1, 0.15) is 5.75 Å². The summed E-state index contributed by atoms with van der Waals surface area (Å²) in [7, 11) is 0. The van der Waals surface area contributed by atoms with Crippen LogP contribution in [0.15, 0.2) is 35.8 Å². The summed E-state index contributed by atoms with van der Waals surface area (Å²) < 4.78 is 5.69. The van der Waals surface area contributed by atoms with E-state index in [0.29, 0.717) is 28.6 Å². The van der Waals surface area contributed by atoms with Gasteiger partial charge in [0.25, 0.3) is 11.1 Å². The quantitative estimate of drug-likeness (QED) is 0.900. The zero-order valence-electron chi connectivity index (χ0n) is 14.1. The lowest BCUT2D eigenvalue weighted by Gasteiger charge is -2.34. The van der Waals surface area contributed by atoms with Crippen LogP contribution in [0.1, 0.15) is 37.0 Å². The summed E-state index contributed by atoms with van der Waals surface area (Å²) in [6, 6.07) is 8.14. The lowest BCUT2D eigenvalue weighted by atomic mass is 10.0. The van der Waals surface area contributed by atoms with E-state index in [1.807, 2.05) is 28.5 Å². The number of benzene rings is 1. The second-order valence-electron chi connectivity index (χ2n) is 6.34. The van der Waals surface area contributed by atoms with Gasteiger partial charge in [-0.3, -0.25) is 4.79 Å². The number of nitrogens with zero attached hydrogens (tertiary/aromatic N) is 2. The van der Waals surface area contributed by atoms with Crippen LogP contribution < -0.4 is 10.1 Å². The van der Waals surface area contributed by atoms with Crippen molar-refractivity contribution in [3.63, 3.8) is 0 Å². The van der Waals surface area contributed by atoms with Crippen LogP contribution in [0.25, 0.3) is 0 Å². The van der Waals surface area contributed by atoms with Gasteiger partial charge < -0.3 is 15.0 Å². The minimum Gasteiger partial charge on any atom is -0.431 e. The van der Waals surface area contributed by atoms with Gasteiger partial charge in [-0.05, 0) is 31.0 Å². The van der Waals surface area contributed by atoms with Crippen molar-refractivity contribution in [2.45, 2.75) is 38.8 Å². The van der Waals surface area contributed by atoms with Crippen LogP contribution in [0.2, 0.25) is 0 Å². The summed E-state index contributed by atoms with van der Waals surface area (Å²) in [6.07, 6.45) is 3.85. The topological polar surface area (TPSA) is 54.5 Å². The standard InChI is InChI=1S/C18H23N3O2S/c1-13(2)20-15-6-4-9-21(12-15)17(22)14-5-3-7-16(11-14)23-18-19-8-10-24-18/h3,5,7-8,10-11,13,15,20H,4,6,9,12H2,1-2H3. The number of thiazole rings is 1. The number of likely N-dealkylation sites (tertiary alicyclic amines) is 1. The summed E-state index contributed by atoms with van der Waals surface area (Å²) in [5, 5.41) is 5.98. The highest BCUT2D eigenvalue weighted by Crippen LogP contribution is 2.25. The summed E-state index contributed by atoms with van der Waals surface area (Å²) in [6.45, 7) is 5.85. The molecule has 0 saturated carbocycles. The Labute approximate surface area is 146 Å². The number of rotatable bonds is 5. The zero-order valence-corrected chi connectivity index (χ0v) is 14.9. The lowest BCUT2D eigenvalue weighted by Crippen LogP contribution is -2.49. The smallest absolute Gasteiger partial charge is 0.278 e. The molecular formula is C18H23N3O2S. The zero-order chi connectivity index (χ0) is 16.9. The fourth-order valence-corrected chi connectivity index (χ4v) is 3.51.